The Morgan fingerprint density at radius 1 is 1.41 bits per heavy atom. The van der Waals surface area contributed by atoms with Gasteiger partial charge in [0.05, 0.1) is 17.9 Å². The van der Waals surface area contributed by atoms with Crippen molar-refractivity contribution in [2.24, 2.45) is 0 Å². The van der Waals surface area contributed by atoms with Crippen LogP contribution in [-0.2, 0) is 0 Å². The molecule has 0 saturated heterocycles. The molecule has 90 valence electrons. The van der Waals surface area contributed by atoms with Crippen LogP contribution in [0.1, 0.15) is 31.2 Å². The molecule has 0 aromatic carbocycles. The predicted molar refractivity (Wildman–Crippen MR) is 66.3 cm³/mol. The topological polar surface area (TPSA) is 84.1 Å². The third-order valence-corrected chi connectivity index (χ3v) is 3.00. The molecule has 0 radical (unpaired) electrons. The summed E-state index contributed by atoms with van der Waals surface area (Å²) in [6.07, 6.45) is 10.2. The van der Waals surface area contributed by atoms with E-state index in [0.29, 0.717) is 17.4 Å². The summed E-state index contributed by atoms with van der Waals surface area (Å²) in [5, 5.41) is 12.7. The van der Waals surface area contributed by atoms with Gasteiger partial charge in [-0.25, -0.2) is 4.98 Å². The lowest BCUT2D eigenvalue weighted by Gasteiger charge is -2.26. The Kier molecular flexibility index (Phi) is 3.45. The van der Waals surface area contributed by atoms with Gasteiger partial charge in [-0.3, -0.25) is 0 Å². The van der Waals surface area contributed by atoms with E-state index in [-0.39, 0.29) is 12.1 Å². The molecule has 1 saturated carbocycles. The number of nitrogens with one attached hydrogen (secondary N) is 1. The zero-order valence-corrected chi connectivity index (χ0v) is 9.56. The maximum Gasteiger partial charge on any atom is 0.222 e. The van der Waals surface area contributed by atoms with Gasteiger partial charge in [0.15, 0.2) is 0 Å². The molecule has 5 nitrogen and oxygen atoms in total. The maximum atomic E-state index is 9.43. The molecule has 1 fully saturated rings. The highest BCUT2D eigenvalue weighted by atomic mass is 16.3. The maximum absolute atomic E-state index is 9.43. The molecule has 0 atom stereocenters. The van der Waals surface area contributed by atoms with Crippen molar-refractivity contribution in [2.75, 3.05) is 11.1 Å². The molecule has 1 aliphatic carbocycles. The fourth-order valence-corrected chi connectivity index (χ4v) is 2.02. The molecule has 4 N–H and O–H groups in total. The summed E-state index contributed by atoms with van der Waals surface area (Å²) in [5.41, 5.74) is 6.15. The number of rotatable bonds is 2. The second-order valence-electron chi connectivity index (χ2n) is 4.28. The summed E-state index contributed by atoms with van der Waals surface area (Å²) >= 11 is 0. The molecular formula is C12H16N4O. The van der Waals surface area contributed by atoms with Crippen LogP contribution in [0.15, 0.2) is 6.20 Å². The van der Waals surface area contributed by atoms with Gasteiger partial charge in [-0.2, -0.15) is 4.98 Å². The van der Waals surface area contributed by atoms with Crippen molar-refractivity contribution in [3.63, 3.8) is 0 Å². The number of hydrogen-bond donors (Lipinski definition) is 3. The standard InChI is InChI=1S/C12H16N4O/c1-2-8-7-14-12(13)16-11(8)15-9-3-5-10(17)6-4-9/h1,7,9-10,17H,3-6H2,(H3,13,14,15,16). The van der Waals surface area contributed by atoms with E-state index in [2.05, 4.69) is 21.2 Å². The summed E-state index contributed by atoms with van der Waals surface area (Å²) in [6, 6.07) is 0.291. The van der Waals surface area contributed by atoms with Crippen LogP contribution in [-0.4, -0.2) is 27.2 Å². The van der Waals surface area contributed by atoms with Crippen LogP contribution in [0.2, 0.25) is 0 Å². The molecule has 0 spiro atoms. The highest BCUT2D eigenvalue weighted by molar-refractivity contribution is 5.54. The summed E-state index contributed by atoms with van der Waals surface area (Å²) in [4.78, 5) is 7.97. The molecule has 1 aliphatic rings. The zero-order chi connectivity index (χ0) is 12.3. The lowest BCUT2D eigenvalue weighted by molar-refractivity contribution is 0.126. The Morgan fingerprint density at radius 2 is 2.12 bits per heavy atom. The Morgan fingerprint density at radius 3 is 2.76 bits per heavy atom. The quantitative estimate of drug-likeness (QED) is 0.655. The number of terminal acetylenes is 1. The molecule has 0 aliphatic heterocycles. The number of aliphatic hydroxyl groups excluding tert-OH is 1. The molecule has 17 heavy (non-hydrogen) atoms. The van der Waals surface area contributed by atoms with Gasteiger partial charge in [0.2, 0.25) is 5.95 Å². The van der Waals surface area contributed by atoms with E-state index in [0.717, 1.165) is 25.7 Å². The molecule has 5 heteroatoms. The second kappa shape index (κ2) is 5.02. The summed E-state index contributed by atoms with van der Waals surface area (Å²) in [6.45, 7) is 0. The average molecular weight is 232 g/mol. The molecule has 2 rings (SSSR count). The van der Waals surface area contributed by atoms with Crippen LogP contribution >= 0.6 is 0 Å². The normalized spacial score (nSPS) is 24.0. The molecule has 1 aromatic heterocycles. The van der Waals surface area contributed by atoms with Crippen molar-refractivity contribution < 1.29 is 5.11 Å². The van der Waals surface area contributed by atoms with Crippen LogP contribution in [0, 0.1) is 12.3 Å². The lowest BCUT2D eigenvalue weighted by Crippen LogP contribution is -2.29. The minimum atomic E-state index is -0.171. The van der Waals surface area contributed by atoms with Gasteiger partial charge in [-0.05, 0) is 25.7 Å². The highest BCUT2D eigenvalue weighted by Crippen LogP contribution is 2.22. The van der Waals surface area contributed by atoms with E-state index >= 15 is 0 Å². The second-order valence-corrected chi connectivity index (χ2v) is 4.28. The van der Waals surface area contributed by atoms with E-state index < -0.39 is 0 Å². The Balaban J connectivity index is 2.08. The molecule has 1 heterocycles. The number of aliphatic hydroxyl groups is 1. The smallest absolute Gasteiger partial charge is 0.222 e. The van der Waals surface area contributed by atoms with Gasteiger partial charge >= 0.3 is 0 Å². The van der Waals surface area contributed by atoms with Crippen molar-refractivity contribution >= 4 is 11.8 Å². The van der Waals surface area contributed by atoms with Crippen molar-refractivity contribution in [1.29, 1.82) is 0 Å². The van der Waals surface area contributed by atoms with Crippen molar-refractivity contribution in [3.8, 4) is 12.3 Å². The fraction of sp³-hybridized carbons (Fsp3) is 0.500. The fourth-order valence-electron chi connectivity index (χ4n) is 2.02. The number of nitrogens with zero attached hydrogens (tertiary/aromatic N) is 2. The number of nitrogens with two attached hydrogens (primary N) is 1. The van der Waals surface area contributed by atoms with E-state index in [1.165, 1.54) is 0 Å². The number of hydrogen-bond acceptors (Lipinski definition) is 5. The third-order valence-electron chi connectivity index (χ3n) is 3.00. The van der Waals surface area contributed by atoms with Crippen LogP contribution < -0.4 is 11.1 Å². The minimum Gasteiger partial charge on any atom is -0.393 e. The molecule has 0 unspecified atom stereocenters. The van der Waals surface area contributed by atoms with Crippen molar-refractivity contribution in [2.45, 2.75) is 37.8 Å². The summed E-state index contributed by atoms with van der Waals surface area (Å²) in [5.74, 6) is 3.35. The Labute approximate surface area is 100 Å². The largest absolute Gasteiger partial charge is 0.393 e. The van der Waals surface area contributed by atoms with Gasteiger partial charge in [-0.1, -0.05) is 5.92 Å². The third kappa shape index (κ3) is 2.86. The Hall–Kier alpha value is -1.80. The van der Waals surface area contributed by atoms with Gasteiger partial charge in [0.1, 0.15) is 5.82 Å². The van der Waals surface area contributed by atoms with Gasteiger partial charge in [0, 0.05) is 6.04 Å². The van der Waals surface area contributed by atoms with E-state index in [1.807, 2.05) is 0 Å². The van der Waals surface area contributed by atoms with Crippen LogP contribution in [0.25, 0.3) is 0 Å². The molecule has 0 amide bonds. The highest BCUT2D eigenvalue weighted by Gasteiger charge is 2.20. The van der Waals surface area contributed by atoms with Crippen molar-refractivity contribution in [3.05, 3.63) is 11.8 Å². The monoisotopic (exact) mass is 232 g/mol. The zero-order valence-electron chi connectivity index (χ0n) is 9.56. The average Bonchev–Trinajstić information content (AvgIpc) is 2.32. The predicted octanol–water partition coefficient (Wildman–Crippen LogP) is 0.755. The van der Waals surface area contributed by atoms with Crippen LogP contribution in [0.5, 0.6) is 0 Å². The molecular weight excluding hydrogens is 216 g/mol. The minimum absolute atomic E-state index is 0.171. The van der Waals surface area contributed by atoms with Gasteiger partial charge in [0.25, 0.3) is 0 Å². The first-order chi connectivity index (χ1) is 8.19. The first-order valence-electron chi connectivity index (χ1n) is 5.72. The van der Waals surface area contributed by atoms with E-state index in [1.54, 1.807) is 6.20 Å². The van der Waals surface area contributed by atoms with Gasteiger partial charge < -0.3 is 16.2 Å². The first kappa shape index (κ1) is 11.7. The number of anilines is 2. The van der Waals surface area contributed by atoms with E-state index in [4.69, 9.17) is 12.2 Å². The van der Waals surface area contributed by atoms with E-state index in [9.17, 15) is 5.11 Å². The van der Waals surface area contributed by atoms with Crippen LogP contribution in [0.4, 0.5) is 11.8 Å². The first-order valence-corrected chi connectivity index (χ1v) is 5.72. The summed E-state index contributed by atoms with van der Waals surface area (Å²) < 4.78 is 0. The molecule has 1 aromatic rings. The lowest BCUT2D eigenvalue weighted by atomic mass is 9.93. The van der Waals surface area contributed by atoms with Crippen LogP contribution in [0.3, 0.4) is 0 Å². The Bertz CT molecular complexity index is 433. The van der Waals surface area contributed by atoms with Crippen molar-refractivity contribution in [1.82, 2.24) is 9.97 Å². The summed E-state index contributed by atoms with van der Waals surface area (Å²) in [7, 11) is 0. The number of nitrogen functional groups attached to an aromatic ring is 1. The number of aromatic nitrogens is 2. The SMILES string of the molecule is C#Cc1cnc(N)nc1NC1CCC(O)CC1. The molecule has 0 bridgehead atoms. The van der Waals surface area contributed by atoms with Gasteiger partial charge in [-0.15, -0.1) is 6.42 Å².